The fraction of sp³-hybridized carbons (Fsp3) is 0.130. The van der Waals surface area contributed by atoms with E-state index >= 15 is 0 Å². The van der Waals surface area contributed by atoms with E-state index in [2.05, 4.69) is 20.4 Å². The summed E-state index contributed by atoms with van der Waals surface area (Å²) in [6.45, 7) is 0.448. The second-order valence-electron chi connectivity index (χ2n) is 6.83. The van der Waals surface area contributed by atoms with Crippen molar-refractivity contribution in [1.82, 2.24) is 25.1 Å². The van der Waals surface area contributed by atoms with Crippen LogP contribution in [0, 0.1) is 5.82 Å². The van der Waals surface area contributed by atoms with Gasteiger partial charge in [-0.2, -0.15) is 5.10 Å². The van der Waals surface area contributed by atoms with Gasteiger partial charge in [0.1, 0.15) is 11.5 Å². The van der Waals surface area contributed by atoms with E-state index in [1.54, 1.807) is 37.6 Å². The fourth-order valence-electron chi connectivity index (χ4n) is 3.07. The number of aryl methyl sites for hydroxylation is 1. The molecule has 7 heteroatoms. The minimum atomic E-state index is -0.312. The predicted octanol–water partition coefficient (Wildman–Crippen LogP) is 3.66. The van der Waals surface area contributed by atoms with Crippen molar-refractivity contribution in [3.63, 3.8) is 0 Å². The van der Waals surface area contributed by atoms with Crippen molar-refractivity contribution >= 4 is 5.91 Å². The first-order valence-electron chi connectivity index (χ1n) is 9.55. The molecule has 2 aromatic heterocycles. The molecule has 1 amide bonds. The Balaban J connectivity index is 1.35. The molecule has 0 saturated heterocycles. The van der Waals surface area contributed by atoms with Crippen LogP contribution in [-0.4, -0.2) is 32.2 Å². The summed E-state index contributed by atoms with van der Waals surface area (Å²) in [6, 6.07) is 17.5. The quantitative estimate of drug-likeness (QED) is 0.535. The Morgan fingerprint density at radius 2 is 1.70 bits per heavy atom. The summed E-state index contributed by atoms with van der Waals surface area (Å²) < 4.78 is 14.6. The molecule has 0 spiro atoms. The van der Waals surface area contributed by atoms with Crippen LogP contribution in [0.25, 0.3) is 22.6 Å². The van der Waals surface area contributed by atoms with E-state index in [9.17, 15) is 9.18 Å². The van der Waals surface area contributed by atoms with Crippen molar-refractivity contribution in [3.8, 4) is 22.6 Å². The van der Waals surface area contributed by atoms with Gasteiger partial charge in [0, 0.05) is 37.1 Å². The van der Waals surface area contributed by atoms with Gasteiger partial charge >= 0.3 is 0 Å². The molecule has 2 heterocycles. The standard InChI is InChI=1S/C23H20FN5O/c1-29-21(13-20(28-29)17-7-9-19(24)10-8-17)23(30)25-12-11-16-14-26-22(27-15-16)18-5-3-2-4-6-18/h2-10,13-15H,11-12H2,1H3,(H,25,30). The van der Waals surface area contributed by atoms with E-state index < -0.39 is 0 Å². The van der Waals surface area contributed by atoms with Gasteiger partial charge in [0.2, 0.25) is 0 Å². The highest BCUT2D eigenvalue weighted by Crippen LogP contribution is 2.19. The van der Waals surface area contributed by atoms with Crippen LogP contribution in [0.1, 0.15) is 16.1 Å². The number of carbonyl (C=O) groups excluding carboxylic acids is 1. The average molecular weight is 401 g/mol. The van der Waals surface area contributed by atoms with Crippen molar-refractivity contribution in [2.45, 2.75) is 6.42 Å². The van der Waals surface area contributed by atoms with Crippen LogP contribution < -0.4 is 5.32 Å². The fourth-order valence-corrected chi connectivity index (χ4v) is 3.07. The molecule has 0 atom stereocenters. The Labute approximate surface area is 173 Å². The molecule has 0 saturated carbocycles. The maximum absolute atomic E-state index is 13.1. The maximum atomic E-state index is 13.1. The van der Waals surface area contributed by atoms with Gasteiger partial charge in [0.15, 0.2) is 5.82 Å². The van der Waals surface area contributed by atoms with E-state index in [1.165, 1.54) is 16.8 Å². The summed E-state index contributed by atoms with van der Waals surface area (Å²) in [5, 5.41) is 7.24. The van der Waals surface area contributed by atoms with Crippen LogP contribution in [0.4, 0.5) is 4.39 Å². The Hall–Kier alpha value is -3.87. The Morgan fingerprint density at radius 1 is 1.00 bits per heavy atom. The van der Waals surface area contributed by atoms with Gasteiger partial charge in [0.25, 0.3) is 5.91 Å². The lowest BCUT2D eigenvalue weighted by molar-refractivity contribution is 0.0944. The molecular weight excluding hydrogens is 381 g/mol. The number of hydrogen-bond acceptors (Lipinski definition) is 4. The molecule has 2 aromatic carbocycles. The van der Waals surface area contributed by atoms with Crippen LogP contribution >= 0.6 is 0 Å². The second kappa shape index (κ2) is 8.65. The molecule has 4 rings (SSSR count). The monoisotopic (exact) mass is 401 g/mol. The van der Waals surface area contributed by atoms with Gasteiger partial charge in [-0.3, -0.25) is 9.48 Å². The van der Waals surface area contributed by atoms with E-state index in [0.29, 0.717) is 30.2 Å². The average Bonchev–Trinajstić information content (AvgIpc) is 3.17. The first-order chi connectivity index (χ1) is 14.6. The van der Waals surface area contributed by atoms with Crippen LogP contribution in [0.5, 0.6) is 0 Å². The first kappa shape index (κ1) is 19.4. The number of aromatic nitrogens is 4. The number of nitrogens with one attached hydrogen (secondary N) is 1. The zero-order valence-electron chi connectivity index (χ0n) is 16.4. The summed E-state index contributed by atoms with van der Waals surface area (Å²) in [7, 11) is 1.71. The summed E-state index contributed by atoms with van der Waals surface area (Å²) in [6.07, 6.45) is 4.17. The Bertz CT molecular complexity index is 1140. The highest BCUT2D eigenvalue weighted by Gasteiger charge is 2.14. The van der Waals surface area contributed by atoms with Crippen LogP contribution in [0.3, 0.4) is 0 Å². The molecule has 0 aliphatic heterocycles. The number of halogens is 1. The highest BCUT2D eigenvalue weighted by atomic mass is 19.1. The van der Waals surface area contributed by atoms with Gasteiger partial charge in [-0.25, -0.2) is 14.4 Å². The van der Waals surface area contributed by atoms with Crippen molar-refractivity contribution in [2.24, 2.45) is 7.05 Å². The van der Waals surface area contributed by atoms with Crippen molar-refractivity contribution < 1.29 is 9.18 Å². The molecule has 4 aromatic rings. The predicted molar refractivity (Wildman–Crippen MR) is 112 cm³/mol. The van der Waals surface area contributed by atoms with E-state index in [-0.39, 0.29) is 11.7 Å². The third-order valence-corrected chi connectivity index (χ3v) is 4.69. The van der Waals surface area contributed by atoms with Crippen molar-refractivity contribution in [3.05, 3.63) is 90.1 Å². The van der Waals surface area contributed by atoms with Crippen molar-refractivity contribution in [2.75, 3.05) is 6.54 Å². The molecule has 0 aliphatic rings. The molecule has 0 fully saturated rings. The van der Waals surface area contributed by atoms with E-state index in [4.69, 9.17) is 0 Å². The molecule has 0 bridgehead atoms. The molecular formula is C23H20FN5O. The number of amides is 1. The SMILES string of the molecule is Cn1nc(-c2ccc(F)cc2)cc1C(=O)NCCc1cnc(-c2ccccc2)nc1. The van der Waals surface area contributed by atoms with Gasteiger partial charge in [0.05, 0.1) is 5.69 Å². The van der Waals surface area contributed by atoms with Gasteiger partial charge < -0.3 is 5.32 Å². The van der Waals surface area contributed by atoms with Gasteiger partial charge in [-0.1, -0.05) is 30.3 Å². The Morgan fingerprint density at radius 3 is 2.40 bits per heavy atom. The zero-order valence-corrected chi connectivity index (χ0v) is 16.4. The summed E-state index contributed by atoms with van der Waals surface area (Å²) in [5.41, 5.74) is 3.71. The number of rotatable bonds is 6. The molecule has 0 aliphatic carbocycles. The maximum Gasteiger partial charge on any atom is 0.269 e. The topological polar surface area (TPSA) is 72.7 Å². The number of carbonyl (C=O) groups is 1. The van der Waals surface area contributed by atoms with Gasteiger partial charge in [-0.15, -0.1) is 0 Å². The van der Waals surface area contributed by atoms with Crippen molar-refractivity contribution in [1.29, 1.82) is 0 Å². The van der Waals surface area contributed by atoms with E-state index in [0.717, 1.165) is 16.7 Å². The summed E-state index contributed by atoms with van der Waals surface area (Å²) in [4.78, 5) is 21.3. The number of benzene rings is 2. The van der Waals surface area contributed by atoms with Gasteiger partial charge in [-0.05, 0) is 42.3 Å². The largest absolute Gasteiger partial charge is 0.350 e. The van der Waals surface area contributed by atoms with Crippen LogP contribution in [0.15, 0.2) is 73.1 Å². The third-order valence-electron chi connectivity index (χ3n) is 4.69. The third kappa shape index (κ3) is 4.41. The first-order valence-corrected chi connectivity index (χ1v) is 9.55. The number of nitrogens with zero attached hydrogens (tertiary/aromatic N) is 4. The molecule has 150 valence electrons. The normalized spacial score (nSPS) is 10.7. The van der Waals surface area contributed by atoms with Crippen LogP contribution in [0.2, 0.25) is 0 Å². The zero-order chi connectivity index (χ0) is 20.9. The lowest BCUT2D eigenvalue weighted by atomic mass is 10.1. The minimum absolute atomic E-state index is 0.222. The lowest BCUT2D eigenvalue weighted by Crippen LogP contribution is -2.27. The van der Waals surface area contributed by atoms with E-state index in [1.807, 2.05) is 30.3 Å². The van der Waals surface area contributed by atoms with Crippen LogP contribution in [-0.2, 0) is 13.5 Å². The number of hydrogen-bond donors (Lipinski definition) is 1. The molecule has 1 N–H and O–H groups in total. The second-order valence-corrected chi connectivity index (χ2v) is 6.83. The molecule has 0 radical (unpaired) electrons. The molecule has 6 nitrogen and oxygen atoms in total. The minimum Gasteiger partial charge on any atom is -0.350 e. The highest BCUT2D eigenvalue weighted by molar-refractivity contribution is 5.93. The molecule has 0 unspecified atom stereocenters. The lowest BCUT2D eigenvalue weighted by Gasteiger charge is -2.06. The summed E-state index contributed by atoms with van der Waals surface area (Å²) >= 11 is 0. The molecule has 30 heavy (non-hydrogen) atoms. The smallest absolute Gasteiger partial charge is 0.269 e. The Kier molecular flexibility index (Phi) is 5.61. The summed E-state index contributed by atoms with van der Waals surface area (Å²) in [5.74, 6) is 0.139.